The molecule has 4 heteroatoms. The largest absolute Gasteiger partial charge is 0.481 e. The maximum atomic E-state index is 12.3. The lowest BCUT2D eigenvalue weighted by atomic mass is 10.1. The van der Waals surface area contributed by atoms with E-state index in [1.165, 1.54) is 51.4 Å². The molecule has 0 aliphatic heterocycles. The smallest absolute Gasteiger partial charge is 0.306 e. The number of allylic oxidation sites excluding steroid dienone is 3. The Bertz CT molecular complexity index is 496. The summed E-state index contributed by atoms with van der Waals surface area (Å²) in [6.45, 7) is 4.44. The SMILES string of the molecule is CCCCCC/C=C\C/C=C\C(CCCCCCC(=O)O)OC(=O)CCCCCCCC. The fourth-order valence-electron chi connectivity index (χ4n) is 3.66. The summed E-state index contributed by atoms with van der Waals surface area (Å²) in [6.07, 6.45) is 27.7. The summed E-state index contributed by atoms with van der Waals surface area (Å²) in [6, 6.07) is 0. The van der Waals surface area contributed by atoms with Gasteiger partial charge in [0, 0.05) is 12.8 Å². The molecule has 0 fully saturated rings. The molecule has 0 radical (unpaired) electrons. The van der Waals surface area contributed by atoms with Gasteiger partial charge in [-0.25, -0.2) is 0 Å². The summed E-state index contributed by atoms with van der Waals surface area (Å²) in [4.78, 5) is 22.9. The summed E-state index contributed by atoms with van der Waals surface area (Å²) in [5, 5.41) is 8.73. The van der Waals surface area contributed by atoms with Gasteiger partial charge in [-0.2, -0.15) is 0 Å². The molecule has 0 spiro atoms. The van der Waals surface area contributed by atoms with Gasteiger partial charge in [0.15, 0.2) is 0 Å². The number of carbonyl (C=O) groups is 2. The number of rotatable bonds is 23. The van der Waals surface area contributed by atoms with Crippen molar-refractivity contribution in [2.24, 2.45) is 0 Å². The normalized spacial score (nSPS) is 12.6. The molecule has 0 aromatic carbocycles. The second-order valence-electron chi connectivity index (χ2n) is 8.88. The lowest BCUT2D eigenvalue weighted by Crippen LogP contribution is -2.16. The fraction of sp³-hybridized carbons (Fsp3) is 0.786. The molecule has 4 nitrogen and oxygen atoms in total. The van der Waals surface area contributed by atoms with Crippen LogP contribution in [-0.2, 0) is 14.3 Å². The minimum atomic E-state index is -0.729. The van der Waals surface area contributed by atoms with Crippen molar-refractivity contribution in [2.45, 2.75) is 142 Å². The maximum Gasteiger partial charge on any atom is 0.306 e. The standard InChI is InChI=1S/C28H50O4/c1-3-5-7-9-11-12-13-14-18-22-26(23-19-16-17-20-24-27(29)30)32-28(31)25-21-15-10-8-6-4-2/h12-13,18,22,26H,3-11,14-17,19-21,23-25H2,1-2H3,(H,29,30)/b13-12-,22-18-. The van der Waals surface area contributed by atoms with Crippen molar-refractivity contribution in [3.05, 3.63) is 24.3 Å². The van der Waals surface area contributed by atoms with Crippen LogP contribution in [0.25, 0.3) is 0 Å². The number of unbranched alkanes of at least 4 members (excludes halogenated alkanes) is 12. The van der Waals surface area contributed by atoms with Crippen LogP contribution in [0.15, 0.2) is 24.3 Å². The number of aliphatic carboxylic acids is 1. The first-order chi connectivity index (χ1) is 15.6. The van der Waals surface area contributed by atoms with Crippen molar-refractivity contribution in [1.29, 1.82) is 0 Å². The van der Waals surface area contributed by atoms with Crippen molar-refractivity contribution < 1.29 is 19.4 Å². The van der Waals surface area contributed by atoms with Gasteiger partial charge in [0.05, 0.1) is 0 Å². The van der Waals surface area contributed by atoms with Crippen LogP contribution < -0.4 is 0 Å². The van der Waals surface area contributed by atoms with E-state index in [1.54, 1.807) is 0 Å². The first-order valence-corrected chi connectivity index (χ1v) is 13.3. The molecule has 0 heterocycles. The Hall–Kier alpha value is -1.58. The third-order valence-electron chi connectivity index (χ3n) is 5.66. The Morgan fingerprint density at radius 1 is 0.719 bits per heavy atom. The molecule has 0 saturated heterocycles. The molecular weight excluding hydrogens is 400 g/mol. The zero-order chi connectivity index (χ0) is 23.7. The minimum absolute atomic E-state index is 0.0903. The predicted molar refractivity (Wildman–Crippen MR) is 135 cm³/mol. The van der Waals surface area contributed by atoms with E-state index >= 15 is 0 Å². The number of ether oxygens (including phenoxy) is 1. The van der Waals surface area contributed by atoms with Crippen LogP contribution in [0.5, 0.6) is 0 Å². The van der Waals surface area contributed by atoms with E-state index in [0.29, 0.717) is 6.42 Å². The summed E-state index contributed by atoms with van der Waals surface area (Å²) in [5.74, 6) is -0.819. The zero-order valence-electron chi connectivity index (χ0n) is 21.0. The monoisotopic (exact) mass is 450 g/mol. The van der Waals surface area contributed by atoms with Crippen LogP contribution >= 0.6 is 0 Å². The lowest BCUT2D eigenvalue weighted by molar-refractivity contribution is -0.147. The summed E-state index contributed by atoms with van der Waals surface area (Å²) in [7, 11) is 0. The van der Waals surface area contributed by atoms with E-state index in [9.17, 15) is 9.59 Å². The molecule has 0 aromatic heterocycles. The van der Waals surface area contributed by atoms with E-state index in [4.69, 9.17) is 9.84 Å². The Labute approximate surface area is 197 Å². The van der Waals surface area contributed by atoms with Crippen molar-refractivity contribution >= 4 is 11.9 Å². The highest BCUT2D eigenvalue weighted by molar-refractivity contribution is 5.69. The first kappa shape index (κ1) is 30.4. The van der Waals surface area contributed by atoms with E-state index in [-0.39, 0.29) is 18.5 Å². The number of carboxylic acid groups (broad SMARTS) is 1. The van der Waals surface area contributed by atoms with Crippen LogP contribution in [0.2, 0.25) is 0 Å². The number of carboxylic acids is 1. The Balaban J connectivity index is 4.26. The van der Waals surface area contributed by atoms with Gasteiger partial charge < -0.3 is 9.84 Å². The number of hydrogen-bond acceptors (Lipinski definition) is 3. The fourth-order valence-corrected chi connectivity index (χ4v) is 3.66. The highest BCUT2D eigenvalue weighted by Crippen LogP contribution is 2.14. The Morgan fingerprint density at radius 3 is 2.00 bits per heavy atom. The van der Waals surface area contributed by atoms with Crippen molar-refractivity contribution in [3.63, 3.8) is 0 Å². The van der Waals surface area contributed by atoms with Gasteiger partial charge in [-0.3, -0.25) is 9.59 Å². The molecule has 0 saturated carbocycles. The number of hydrogen-bond donors (Lipinski definition) is 1. The summed E-state index contributed by atoms with van der Waals surface area (Å²) in [5.41, 5.74) is 0. The Kier molecular flexibility index (Phi) is 22.9. The molecule has 32 heavy (non-hydrogen) atoms. The van der Waals surface area contributed by atoms with Crippen LogP contribution in [0.3, 0.4) is 0 Å². The van der Waals surface area contributed by atoms with Gasteiger partial charge in [0.2, 0.25) is 0 Å². The van der Waals surface area contributed by atoms with Crippen LogP contribution in [0.1, 0.15) is 136 Å². The van der Waals surface area contributed by atoms with E-state index in [0.717, 1.165) is 57.8 Å². The molecule has 1 unspecified atom stereocenters. The van der Waals surface area contributed by atoms with Gasteiger partial charge in [-0.1, -0.05) is 96.3 Å². The quantitative estimate of drug-likeness (QED) is 0.0962. The van der Waals surface area contributed by atoms with Gasteiger partial charge in [-0.15, -0.1) is 0 Å². The molecule has 0 rings (SSSR count). The third-order valence-corrected chi connectivity index (χ3v) is 5.66. The minimum Gasteiger partial charge on any atom is -0.481 e. The van der Waals surface area contributed by atoms with Crippen molar-refractivity contribution in [2.75, 3.05) is 0 Å². The topological polar surface area (TPSA) is 63.6 Å². The first-order valence-electron chi connectivity index (χ1n) is 13.3. The molecule has 0 amide bonds. The molecule has 1 atom stereocenters. The summed E-state index contributed by atoms with van der Waals surface area (Å²) >= 11 is 0. The van der Waals surface area contributed by atoms with Gasteiger partial charge in [-0.05, 0) is 51.0 Å². The maximum absolute atomic E-state index is 12.3. The number of esters is 1. The molecule has 0 aliphatic carbocycles. The van der Waals surface area contributed by atoms with Gasteiger partial charge >= 0.3 is 11.9 Å². The van der Waals surface area contributed by atoms with Crippen LogP contribution in [-0.4, -0.2) is 23.1 Å². The van der Waals surface area contributed by atoms with E-state index in [1.807, 2.05) is 6.08 Å². The van der Waals surface area contributed by atoms with Crippen molar-refractivity contribution in [1.82, 2.24) is 0 Å². The molecular formula is C28H50O4. The lowest BCUT2D eigenvalue weighted by Gasteiger charge is -2.14. The highest BCUT2D eigenvalue weighted by atomic mass is 16.5. The van der Waals surface area contributed by atoms with Crippen molar-refractivity contribution in [3.8, 4) is 0 Å². The molecule has 0 aromatic rings. The van der Waals surface area contributed by atoms with Crippen LogP contribution in [0, 0.1) is 0 Å². The molecule has 0 aliphatic rings. The van der Waals surface area contributed by atoms with E-state index < -0.39 is 5.97 Å². The van der Waals surface area contributed by atoms with Gasteiger partial charge in [0.1, 0.15) is 6.10 Å². The molecule has 186 valence electrons. The highest BCUT2D eigenvalue weighted by Gasteiger charge is 2.11. The zero-order valence-corrected chi connectivity index (χ0v) is 21.0. The van der Waals surface area contributed by atoms with Gasteiger partial charge in [0.25, 0.3) is 0 Å². The number of carbonyl (C=O) groups excluding carboxylic acids is 1. The van der Waals surface area contributed by atoms with E-state index in [2.05, 4.69) is 32.1 Å². The predicted octanol–water partition coefficient (Wildman–Crippen LogP) is 8.55. The average Bonchev–Trinajstić information content (AvgIpc) is 2.76. The second kappa shape index (κ2) is 24.1. The summed E-state index contributed by atoms with van der Waals surface area (Å²) < 4.78 is 5.75. The third kappa shape index (κ3) is 23.1. The average molecular weight is 451 g/mol. The molecule has 1 N–H and O–H groups in total. The second-order valence-corrected chi connectivity index (χ2v) is 8.88. The molecule has 0 bridgehead atoms. The van der Waals surface area contributed by atoms with Crippen LogP contribution in [0.4, 0.5) is 0 Å². The Morgan fingerprint density at radius 2 is 1.31 bits per heavy atom.